The Morgan fingerprint density at radius 2 is 1.97 bits per heavy atom. The second-order valence-electron chi connectivity index (χ2n) is 7.59. The highest BCUT2D eigenvalue weighted by molar-refractivity contribution is 7.99. The van der Waals surface area contributed by atoms with E-state index in [1.54, 1.807) is 16.0 Å². The third-order valence-electron chi connectivity index (χ3n) is 5.43. The number of aromatic nitrogens is 5. The first-order chi connectivity index (χ1) is 15.3. The van der Waals surface area contributed by atoms with E-state index in [1.807, 2.05) is 47.4 Å². The van der Waals surface area contributed by atoms with Gasteiger partial charge in [-0.15, -0.1) is 16.4 Å². The molecule has 7 nitrogen and oxygen atoms in total. The Labute approximate surface area is 188 Å². The summed E-state index contributed by atoms with van der Waals surface area (Å²) in [7, 11) is 0. The average Bonchev–Trinajstić information content (AvgIpc) is 3.45. The van der Waals surface area contributed by atoms with E-state index in [0.29, 0.717) is 23.4 Å². The lowest BCUT2D eigenvalue weighted by Gasteiger charge is -2.31. The van der Waals surface area contributed by atoms with Crippen molar-refractivity contribution in [3.63, 3.8) is 0 Å². The molecule has 3 heterocycles. The van der Waals surface area contributed by atoms with E-state index in [2.05, 4.69) is 27.7 Å². The summed E-state index contributed by atoms with van der Waals surface area (Å²) < 4.78 is 2.95. The fraction of sp³-hybridized carbons (Fsp3) is 0.318. The van der Waals surface area contributed by atoms with Gasteiger partial charge in [0.2, 0.25) is 11.1 Å². The molecule has 0 aliphatic carbocycles. The first-order valence-corrected chi connectivity index (χ1v) is 12.1. The highest BCUT2D eigenvalue weighted by Crippen LogP contribution is 2.33. The standard InChI is InChI=1S/C22H22N6OS2/c29-20(15-30-22-24-25-26-28(22)13-16-7-2-1-3-8-16)27-12-6-9-17(14-27)21-23-18-10-4-5-11-19(18)31-21/h1-5,7-8,10-11,17H,6,9,12-15H2/t17-/m0/s1. The molecule has 0 radical (unpaired) electrons. The highest BCUT2D eigenvalue weighted by atomic mass is 32.2. The van der Waals surface area contributed by atoms with Gasteiger partial charge in [-0.25, -0.2) is 9.67 Å². The molecule has 2 aromatic carbocycles. The Hall–Kier alpha value is -2.78. The van der Waals surface area contributed by atoms with E-state index < -0.39 is 0 Å². The van der Waals surface area contributed by atoms with Crippen LogP contribution in [0.2, 0.25) is 0 Å². The lowest BCUT2D eigenvalue weighted by Crippen LogP contribution is -2.40. The van der Waals surface area contributed by atoms with Crippen LogP contribution in [0.3, 0.4) is 0 Å². The third kappa shape index (κ3) is 4.62. The number of nitrogens with zero attached hydrogens (tertiary/aromatic N) is 6. The molecule has 1 amide bonds. The summed E-state index contributed by atoms with van der Waals surface area (Å²) in [5.41, 5.74) is 2.17. The van der Waals surface area contributed by atoms with Crippen molar-refractivity contribution in [1.82, 2.24) is 30.1 Å². The maximum atomic E-state index is 12.9. The molecule has 1 fully saturated rings. The molecular weight excluding hydrogens is 428 g/mol. The molecule has 0 bridgehead atoms. The molecule has 1 saturated heterocycles. The van der Waals surface area contributed by atoms with Gasteiger partial charge in [-0.1, -0.05) is 54.2 Å². The number of amides is 1. The zero-order valence-corrected chi connectivity index (χ0v) is 18.6. The number of carbonyl (C=O) groups is 1. The summed E-state index contributed by atoms with van der Waals surface area (Å²) in [6, 6.07) is 18.3. The van der Waals surface area contributed by atoms with E-state index in [0.717, 1.165) is 42.0 Å². The van der Waals surface area contributed by atoms with Gasteiger partial charge in [0.25, 0.3) is 0 Å². The second kappa shape index (κ2) is 9.15. The molecule has 0 saturated carbocycles. The minimum absolute atomic E-state index is 0.130. The van der Waals surface area contributed by atoms with Crippen LogP contribution in [0.1, 0.15) is 29.3 Å². The van der Waals surface area contributed by atoms with Gasteiger partial charge in [0.15, 0.2) is 0 Å². The molecule has 0 spiro atoms. The monoisotopic (exact) mass is 450 g/mol. The average molecular weight is 451 g/mol. The smallest absolute Gasteiger partial charge is 0.233 e. The van der Waals surface area contributed by atoms with E-state index in [1.165, 1.54) is 16.5 Å². The van der Waals surface area contributed by atoms with Crippen LogP contribution >= 0.6 is 23.1 Å². The van der Waals surface area contributed by atoms with Gasteiger partial charge in [-0.2, -0.15) is 0 Å². The van der Waals surface area contributed by atoms with Gasteiger partial charge in [0, 0.05) is 19.0 Å². The third-order valence-corrected chi connectivity index (χ3v) is 7.57. The Balaban J connectivity index is 1.20. The van der Waals surface area contributed by atoms with Crippen molar-refractivity contribution in [1.29, 1.82) is 0 Å². The van der Waals surface area contributed by atoms with Gasteiger partial charge >= 0.3 is 0 Å². The molecule has 5 rings (SSSR count). The van der Waals surface area contributed by atoms with Crippen molar-refractivity contribution >= 4 is 39.2 Å². The van der Waals surface area contributed by atoms with E-state index in [-0.39, 0.29) is 5.91 Å². The topological polar surface area (TPSA) is 76.8 Å². The SMILES string of the molecule is O=C(CSc1nnnn1Cc1ccccc1)N1CCC[C@H](c2nc3ccccc3s2)C1. The lowest BCUT2D eigenvalue weighted by atomic mass is 9.99. The molecule has 158 valence electrons. The molecule has 1 aliphatic rings. The fourth-order valence-corrected chi connectivity index (χ4v) is 5.72. The van der Waals surface area contributed by atoms with Crippen LogP contribution < -0.4 is 0 Å². The van der Waals surface area contributed by atoms with Crippen molar-refractivity contribution in [2.45, 2.75) is 30.5 Å². The van der Waals surface area contributed by atoms with Crippen LogP contribution in [0.25, 0.3) is 10.2 Å². The Kier molecular flexibility index (Phi) is 5.95. The van der Waals surface area contributed by atoms with Crippen molar-refractivity contribution < 1.29 is 4.79 Å². The Bertz CT molecular complexity index is 1140. The molecule has 0 unspecified atom stereocenters. The number of thioether (sulfide) groups is 1. The normalized spacial score (nSPS) is 16.6. The van der Waals surface area contributed by atoms with Crippen LogP contribution in [0.5, 0.6) is 0 Å². The van der Waals surface area contributed by atoms with Crippen molar-refractivity contribution in [3.8, 4) is 0 Å². The maximum Gasteiger partial charge on any atom is 0.233 e. The van der Waals surface area contributed by atoms with Crippen LogP contribution in [-0.2, 0) is 11.3 Å². The summed E-state index contributed by atoms with van der Waals surface area (Å²) in [4.78, 5) is 19.7. The van der Waals surface area contributed by atoms with Crippen LogP contribution in [0.4, 0.5) is 0 Å². The van der Waals surface area contributed by atoms with Gasteiger partial charge in [0.1, 0.15) is 0 Å². The molecular formula is C22H22N6OS2. The number of hydrogen-bond donors (Lipinski definition) is 0. The predicted molar refractivity (Wildman–Crippen MR) is 122 cm³/mol. The number of para-hydroxylation sites is 1. The molecule has 1 aliphatic heterocycles. The summed E-state index contributed by atoms with van der Waals surface area (Å²) in [5.74, 6) is 0.774. The predicted octanol–water partition coefficient (Wildman–Crippen LogP) is 3.83. The summed E-state index contributed by atoms with van der Waals surface area (Å²) in [6.07, 6.45) is 2.08. The summed E-state index contributed by atoms with van der Waals surface area (Å²) in [6.45, 7) is 2.12. The number of thiazole rings is 1. The number of carbonyl (C=O) groups excluding carboxylic acids is 1. The molecule has 9 heteroatoms. The zero-order valence-electron chi connectivity index (χ0n) is 16.9. The number of rotatable bonds is 6. The zero-order chi connectivity index (χ0) is 21.0. The van der Waals surface area contributed by atoms with Crippen LogP contribution in [0, 0.1) is 0 Å². The van der Waals surface area contributed by atoms with E-state index >= 15 is 0 Å². The largest absolute Gasteiger partial charge is 0.341 e. The Morgan fingerprint density at radius 3 is 2.84 bits per heavy atom. The first kappa shape index (κ1) is 20.1. The molecule has 0 N–H and O–H groups in total. The van der Waals surface area contributed by atoms with E-state index in [4.69, 9.17) is 4.98 Å². The highest BCUT2D eigenvalue weighted by Gasteiger charge is 2.27. The number of likely N-dealkylation sites (tertiary alicyclic amines) is 1. The Morgan fingerprint density at radius 1 is 1.13 bits per heavy atom. The summed E-state index contributed by atoms with van der Waals surface area (Å²) in [5, 5.41) is 13.8. The van der Waals surface area contributed by atoms with Gasteiger partial charge in [-0.3, -0.25) is 4.79 Å². The molecule has 1 atom stereocenters. The first-order valence-electron chi connectivity index (χ1n) is 10.3. The minimum Gasteiger partial charge on any atom is -0.341 e. The van der Waals surface area contributed by atoms with Crippen LogP contribution in [0.15, 0.2) is 59.8 Å². The number of hydrogen-bond acceptors (Lipinski definition) is 7. The van der Waals surface area contributed by atoms with Gasteiger partial charge < -0.3 is 4.90 Å². The fourth-order valence-electron chi connectivity index (χ4n) is 3.84. The lowest BCUT2D eigenvalue weighted by molar-refractivity contribution is -0.129. The van der Waals surface area contributed by atoms with Crippen molar-refractivity contribution in [2.75, 3.05) is 18.8 Å². The van der Waals surface area contributed by atoms with Gasteiger partial charge in [-0.05, 0) is 41.0 Å². The number of benzene rings is 2. The second-order valence-corrected chi connectivity index (χ2v) is 9.60. The van der Waals surface area contributed by atoms with Crippen molar-refractivity contribution in [2.24, 2.45) is 0 Å². The number of fused-ring (bicyclic) bond motifs is 1. The summed E-state index contributed by atoms with van der Waals surface area (Å²) >= 11 is 3.15. The quantitative estimate of drug-likeness (QED) is 0.416. The number of piperidine rings is 1. The number of tetrazole rings is 1. The minimum atomic E-state index is 0.130. The van der Waals surface area contributed by atoms with Crippen LogP contribution in [-0.4, -0.2) is 54.8 Å². The van der Waals surface area contributed by atoms with Gasteiger partial charge in [0.05, 0.1) is 27.5 Å². The maximum absolute atomic E-state index is 12.9. The molecule has 31 heavy (non-hydrogen) atoms. The molecule has 4 aromatic rings. The molecule has 2 aromatic heterocycles. The van der Waals surface area contributed by atoms with E-state index in [9.17, 15) is 4.79 Å². The van der Waals surface area contributed by atoms with Crippen molar-refractivity contribution in [3.05, 3.63) is 65.2 Å².